The first-order valence-electron chi connectivity index (χ1n) is 11.8. The van der Waals surface area contributed by atoms with Crippen molar-refractivity contribution in [2.45, 2.75) is 51.0 Å². The zero-order chi connectivity index (χ0) is 22.7. The summed E-state index contributed by atoms with van der Waals surface area (Å²) in [4.78, 5) is 24.2. The average Bonchev–Trinajstić information content (AvgIpc) is 3.14. The molecule has 1 saturated heterocycles. The zero-order valence-electron chi connectivity index (χ0n) is 19.0. The molecule has 0 spiro atoms. The molecule has 2 aromatic rings. The summed E-state index contributed by atoms with van der Waals surface area (Å²) >= 11 is 0. The SMILES string of the molecule is Cc1cn2cc(C3=CC(=O)N4C=C(N5CCN(C6CCC6)[C@@H](C)C5)C=CC4P3)cc(F)c2n1. The highest BCUT2D eigenvalue weighted by Crippen LogP contribution is 2.45. The van der Waals surface area contributed by atoms with E-state index in [1.807, 2.05) is 30.4 Å². The number of hydrogen-bond acceptors (Lipinski definition) is 4. The number of halogens is 1. The van der Waals surface area contributed by atoms with E-state index in [9.17, 15) is 9.18 Å². The third-order valence-corrected chi connectivity index (χ3v) is 8.88. The van der Waals surface area contributed by atoms with Crippen molar-refractivity contribution in [3.63, 3.8) is 0 Å². The number of imidazole rings is 1. The van der Waals surface area contributed by atoms with Crippen LogP contribution in [0.2, 0.25) is 0 Å². The molecule has 2 unspecified atom stereocenters. The fraction of sp³-hybridized carbons (Fsp3) is 0.440. The van der Waals surface area contributed by atoms with Gasteiger partial charge >= 0.3 is 0 Å². The summed E-state index contributed by atoms with van der Waals surface area (Å²) in [6, 6.07) is 2.80. The molecule has 0 bridgehead atoms. The number of hydrogen-bond donors (Lipinski definition) is 0. The number of fused-ring (bicyclic) bond motifs is 2. The van der Waals surface area contributed by atoms with E-state index in [1.165, 1.54) is 25.3 Å². The minimum Gasteiger partial charge on any atom is -0.368 e. The van der Waals surface area contributed by atoms with Crippen molar-refractivity contribution >= 4 is 25.4 Å². The van der Waals surface area contributed by atoms with Crippen LogP contribution in [0.1, 0.15) is 37.4 Å². The third-order valence-electron chi connectivity index (χ3n) is 7.37. The lowest BCUT2D eigenvalue weighted by atomic mass is 9.89. The number of aromatic nitrogens is 2. The number of amides is 1. The molecule has 3 atom stereocenters. The minimum absolute atomic E-state index is 0.0155. The van der Waals surface area contributed by atoms with Gasteiger partial charge in [-0.2, -0.15) is 0 Å². The molecular formula is C25H29FN5OP. The molecule has 4 aliphatic rings. The van der Waals surface area contributed by atoms with Gasteiger partial charge in [0, 0.05) is 62.0 Å². The first-order chi connectivity index (χ1) is 16.0. The maximum atomic E-state index is 14.6. The number of carbonyl (C=O) groups excluding carboxylic acids is 1. The lowest BCUT2D eigenvalue weighted by molar-refractivity contribution is -0.123. The summed E-state index contributed by atoms with van der Waals surface area (Å²) in [6.45, 7) is 7.24. The summed E-state index contributed by atoms with van der Waals surface area (Å²) in [5.41, 5.74) is 2.94. The monoisotopic (exact) mass is 465 g/mol. The highest BCUT2D eigenvalue weighted by Gasteiger charge is 2.34. The molecule has 1 saturated carbocycles. The van der Waals surface area contributed by atoms with E-state index >= 15 is 0 Å². The quantitative estimate of drug-likeness (QED) is 0.645. The average molecular weight is 466 g/mol. The van der Waals surface area contributed by atoms with E-state index in [4.69, 9.17) is 0 Å². The smallest absolute Gasteiger partial charge is 0.252 e. The second-order valence-corrected chi connectivity index (χ2v) is 11.0. The highest BCUT2D eigenvalue weighted by molar-refractivity contribution is 7.51. The van der Waals surface area contributed by atoms with Crippen molar-refractivity contribution in [2.75, 3.05) is 19.6 Å². The molecule has 33 heavy (non-hydrogen) atoms. The lowest BCUT2D eigenvalue weighted by Crippen LogP contribution is -2.56. The van der Waals surface area contributed by atoms with Crippen molar-refractivity contribution in [2.24, 2.45) is 0 Å². The first kappa shape index (κ1) is 21.1. The van der Waals surface area contributed by atoms with Crippen LogP contribution in [0, 0.1) is 12.7 Å². The summed E-state index contributed by atoms with van der Waals surface area (Å²) in [7, 11) is 0.362. The van der Waals surface area contributed by atoms with Gasteiger partial charge in [0.1, 0.15) is 0 Å². The largest absolute Gasteiger partial charge is 0.368 e. The van der Waals surface area contributed by atoms with Gasteiger partial charge in [0.05, 0.1) is 17.2 Å². The predicted molar refractivity (Wildman–Crippen MR) is 129 cm³/mol. The van der Waals surface area contributed by atoms with Crippen molar-refractivity contribution in [3.8, 4) is 0 Å². The summed E-state index contributed by atoms with van der Waals surface area (Å²) in [5.74, 6) is -0.421. The van der Waals surface area contributed by atoms with Gasteiger partial charge in [0.2, 0.25) is 0 Å². The number of piperazine rings is 1. The second-order valence-electron chi connectivity index (χ2n) is 9.61. The molecule has 6 nitrogen and oxygen atoms in total. The molecule has 1 aliphatic carbocycles. The Kier molecular flexibility index (Phi) is 5.15. The normalized spacial score (nSPS) is 27.1. The van der Waals surface area contributed by atoms with Gasteiger partial charge in [-0.1, -0.05) is 21.1 Å². The Hall–Kier alpha value is -2.50. The number of rotatable bonds is 3. The summed E-state index contributed by atoms with van der Waals surface area (Å²) < 4.78 is 16.3. The van der Waals surface area contributed by atoms with E-state index in [-0.39, 0.29) is 17.5 Å². The standard InChI is InChI=1S/C25H29FN5OP/c1-16-12-29-14-18(10-21(26)25(29)27-16)22-11-23(32)31-15-20(6-7-24(31)33-22)28-8-9-30(17(2)13-28)19-4-3-5-19/h6-7,10-12,14-15,17,19,24,33H,3-5,8-9,13H2,1-2H3/t17-,24?/m0/s1. The molecule has 172 valence electrons. The van der Waals surface area contributed by atoms with Crippen LogP contribution >= 0.6 is 8.58 Å². The number of nitrogens with zero attached hydrogens (tertiary/aromatic N) is 5. The van der Waals surface area contributed by atoms with E-state index in [0.29, 0.717) is 20.3 Å². The van der Waals surface area contributed by atoms with Crippen molar-refractivity contribution in [3.05, 3.63) is 65.7 Å². The predicted octanol–water partition coefficient (Wildman–Crippen LogP) is 3.94. The molecule has 0 radical (unpaired) electrons. The second kappa shape index (κ2) is 8.07. The van der Waals surface area contributed by atoms with Crippen molar-refractivity contribution in [1.82, 2.24) is 24.1 Å². The lowest BCUT2D eigenvalue weighted by Gasteiger charge is -2.48. The molecule has 0 aromatic carbocycles. The third kappa shape index (κ3) is 3.71. The zero-order valence-corrected chi connectivity index (χ0v) is 20.0. The van der Waals surface area contributed by atoms with Gasteiger partial charge in [0.25, 0.3) is 5.91 Å². The first-order valence-corrected chi connectivity index (χ1v) is 12.9. The van der Waals surface area contributed by atoms with Gasteiger partial charge in [-0.05, 0) is 44.1 Å². The molecule has 3 aliphatic heterocycles. The van der Waals surface area contributed by atoms with E-state index < -0.39 is 0 Å². The summed E-state index contributed by atoms with van der Waals surface area (Å²) in [5, 5.41) is 0.887. The van der Waals surface area contributed by atoms with Crippen LogP contribution < -0.4 is 0 Å². The Labute approximate surface area is 195 Å². The van der Waals surface area contributed by atoms with Crippen LogP contribution in [-0.2, 0) is 4.79 Å². The Bertz CT molecular complexity index is 1210. The number of carbonyl (C=O) groups is 1. The fourth-order valence-electron chi connectivity index (χ4n) is 5.41. The van der Waals surface area contributed by atoms with E-state index in [2.05, 4.69) is 33.9 Å². The highest BCUT2D eigenvalue weighted by atomic mass is 31.1. The number of pyridine rings is 1. The summed E-state index contributed by atoms with van der Waals surface area (Å²) in [6.07, 6.45) is 15.7. The molecule has 2 aromatic heterocycles. The van der Waals surface area contributed by atoms with Crippen molar-refractivity contribution in [1.29, 1.82) is 0 Å². The maximum Gasteiger partial charge on any atom is 0.252 e. The molecule has 1 amide bonds. The Morgan fingerprint density at radius 3 is 2.82 bits per heavy atom. The van der Waals surface area contributed by atoms with Crippen LogP contribution in [0.25, 0.3) is 11.0 Å². The van der Waals surface area contributed by atoms with Gasteiger partial charge in [0.15, 0.2) is 11.5 Å². The van der Waals surface area contributed by atoms with Gasteiger partial charge in [-0.15, -0.1) is 0 Å². The Balaban J connectivity index is 1.21. The molecule has 6 rings (SSSR count). The molecule has 5 heterocycles. The number of aryl methyl sites for hydroxylation is 1. The van der Waals surface area contributed by atoms with Crippen LogP contribution in [0.3, 0.4) is 0 Å². The molecule has 2 fully saturated rings. The van der Waals surface area contributed by atoms with Gasteiger partial charge < -0.3 is 14.2 Å². The number of allylic oxidation sites excluding steroid dienone is 1. The van der Waals surface area contributed by atoms with Gasteiger partial charge in [-0.3, -0.25) is 9.69 Å². The molecular weight excluding hydrogens is 436 g/mol. The molecule has 8 heteroatoms. The Morgan fingerprint density at radius 2 is 2.06 bits per heavy atom. The topological polar surface area (TPSA) is 44.1 Å². The van der Waals surface area contributed by atoms with Crippen LogP contribution in [0.5, 0.6) is 0 Å². The minimum atomic E-state index is -0.363. The fourth-order valence-corrected chi connectivity index (χ4v) is 6.78. The van der Waals surface area contributed by atoms with E-state index in [1.54, 1.807) is 10.5 Å². The van der Waals surface area contributed by atoms with Crippen LogP contribution in [-0.4, -0.2) is 67.5 Å². The maximum absolute atomic E-state index is 14.6. The molecule has 0 N–H and O–H groups in total. The van der Waals surface area contributed by atoms with E-state index in [0.717, 1.165) is 47.9 Å². The van der Waals surface area contributed by atoms with Crippen LogP contribution in [0.15, 0.2) is 48.6 Å². The van der Waals surface area contributed by atoms with Crippen molar-refractivity contribution < 1.29 is 9.18 Å². The van der Waals surface area contributed by atoms with Crippen LogP contribution in [0.4, 0.5) is 4.39 Å². The Morgan fingerprint density at radius 1 is 1.21 bits per heavy atom. The van der Waals surface area contributed by atoms with Gasteiger partial charge in [-0.25, -0.2) is 9.37 Å².